The van der Waals surface area contributed by atoms with E-state index in [1.165, 1.54) is 11.8 Å². The average molecular weight is 382 g/mol. The predicted molar refractivity (Wildman–Crippen MR) is 106 cm³/mol. The summed E-state index contributed by atoms with van der Waals surface area (Å²) in [5, 5.41) is 3.91. The van der Waals surface area contributed by atoms with Crippen LogP contribution in [0.1, 0.15) is 50.7 Å². The van der Waals surface area contributed by atoms with Crippen LogP contribution < -0.4 is 10.9 Å². The Hall–Kier alpha value is -2.41. The van der Waals surface area contributed by atoms with Gasteiger partial charge in [-0.05, 0) is 29.2 Å². The van der Waals surface area contributed by atoms with E-state index in [0.29, 0.717) is 28.5 Å². The third-order valence-electron chi connectivity index (χ3n) is 5.00. The van der Waals surface area contributed by atoms with Crippen molar-refractivity contribution in [3.05, 3.63) is 57.3 Å². The lowest BCUT2D eigenvalue weighted by atomic mass is 9.69. The molecule has 27 heavy (non-hydrogen) atoms. The van der Waals surface area contributed by atoms with Crippen LogP contribution >= 0.6 is 11.8 Å². The molecule has 0 saturated heterocycles. The Morgan fingerprint density at radius 3 is 2.81 bits per heavy atom. The van der Waals surface area contributed by atoms with Gasteiger partial charge in [0.15, 0.2) is 10.9 Å². The first-order chi connectivity index (χ1) is 12.9. The van der Waals surface area contributed by atoms with Crippen molar-refractivity contribution >= 4 is 23.4 Å². The van der Waals surface area contributed by atoms with Gasteiger partial charge in [0.2, 0.25) is 0 Å². The molecule has 4 rings (SSSR count). The molecule has 3 heterocycles. The number of hydrogen-bond acceptors (Lipinski definition) is 6. The molecule has 1 aliphatic heterocycles. The molecule has 0 radical (unpaired) electrons. The molecular weight excluding hydrogens is 360 g/mol. The summed E-state index contributed by atoms with van der Waals surface area (Å²) in [5.74, 6) is 1.01. The summed E-state index contributed by atoms with van der Waals surface area (Å²) >= 11 is 1.49. The second kappa shape index (κ2) is 6.64. The lowest BCUT2D eigenvalue weighted by molar-refractivity contribution is -0.118. The van der Waals surface area contributed by atoms with Crippen molar-refractivity contribution in [1.29, 1.82) is 0 Å². The average Bonchev–Trinajstić information content (AvgIpc) is 2.60. The number of rotatable bonds is 3. The highest BCUT2D eigenvalue weighted by molar-refractivity contribution is 7.99. The van der Waals surface area contributed by atoms with Crippen LogP contribution in [0, 0.1) is 5.41 Å². The van der Waals surface area contributed by atoms with Crippen LogP contribution in [0.15, 0.2) is 45.7 Å². The van der Waals surface area contributed by atoms with E-state index in [0.717, 1.165) is 23.4 Å². The molecule has 2 N–H and O–H groups in total. The number of nitrogens with one attached hydrogen (secondary N) is 2. The van der Waals surface area contributed by atoms with Crippen LogP contribution in [-0.2, 0) is 4.79 Å². The number of aromatic nitrogens is 3. The minimum absolute atomic E-state index is 0.0830. The van der Waals surface area contributed by atoms with E-state index in [-0.39, 0.29) is 16.8 Å². The van der Waals surface area contributed by atoms with Gasteiger partial charge in [-0.25, -0.2) is 4.98 Å². The molecule has 0 spiro atoms. The molecule has 2 aromatic heterocycles. The highest BCUT2D eigenvalue weighted by Gasteiger charge is 2.42. The molecule has 2 aromatic rings. The van der Waals surface area contributed by atoms with E-state index in [9.17, 15) is 9.59 Å². The summed E-state index contributed by atoms with van der Waals surface area (Å²) in [6.45, 7) is 6.20. The minimum Gasteiger partial charge on any atom is -0.343 e. The van der Waals surface area contributed by atoms with E-state index in [1.807, 2.05) is 19.1 Å². The van der Waals surface area contributed by atoms with Gasteiger partial charge in [-0.15, -0.1) is 0 Å². The van der Waals surface area contributed by atoms with Crippen LogP contribution in [0.2, 0.25) is 0 Å². The summed E-state index contributed by atoms with van der Waals surface area (Å²) in [5.41, 5.74) is 2.56. The molecule has 2 aliphatic rings. The molecule has 7 heteroatoms. The Balaban J connectivity index is 1.95. The van der Waals surface area contributed by atoms with Crippen molar-refractivity contribution in [3.63, 3.8) is 0 Å². The predicted octanol–water partition coefficient (Wildman–Crippen LogP) is 3.48. The fourth-order valence-electron chi connectivity index (χ4n) is 3.98. The normalized spacial score (nSPS) is 20.7. The molecular formula is C20H22N4O2S. The summed E-state index contributed by atoms with van der Waals surface area (Å²) in [6, 6.07) is 3.75. The second-order valence-corrected chi connectivity index (χ2v) is 9.00. The number of H-pyrrole nitrogens is 1. The number of Topliss-reactive ketones (excluding diaryl/α,β-unsaturated/α-hetero) is 1. The number of hydrogen-bond donors (Lipinski definition) is 2. The zero-order valence-electron chi connectivity index (χ0n) is 15.6. The topological polar surface area (TPSA) is 87.7 Å². The van der Waals surface area contributed by atoms with Gasteiger partial charge >= 0.3 is 0 Å². The van der Waals surface area contributed by atoms with Gasteiger partial charge in [0, 0.05) is 36.0 Å². The molecule has 0 amide bonds. The van der Waals surface area contributed by atoms with E-state index < -0.39 is 5.92 Å². The first kappa shape index (κ1) is 18.0. The number of carbonyl (C=O) groups is 1. The van der Waals surface area contributed by atoms with Gasteiger partial charge in [0.25, 0.3) is 5.56 Å². The number of anilines is 1. The molecule has 0 aromatic carbocycles. The van der Waals surface area contributed by atoms with Gasteiger partial charge in [-0.2, -0.15) is 0 Å². The fourth-order valence-corrected chi connectivity index (χ4v) is 4.57. The molecule has 0 unspecified atom stereocenters. The lowest BCUT2D eigenvalue weighted by Crippen LogP contribution is -2.37. The maximum absolute atomic E-state index is 13.1. The van der Waals surface area contributed by atoms with Gasteiger partial charge in [-0.1, -0.05) is 38.6 Å². The Bertz CT molecular complexity index is 995. The largest absolute Gasteiger partial charge is 0.343 e. The minimum atomic E-state index is -0.439. The van der Waals surface area contributed by atoms with Crippen molar-refractivity contribution in [3.8, 4) is 0 Å². The van der Waals surface area contributed by atoms with Gasteiger partial charge in [0.05, 0.1) is 5.56 Å². The number of nitrogens with zero attached hydrogens (tertiary/aromatic N) is 2. The van der Waals surface area contributed by atoms with E-state index in [4.69, 9.17) is 0 Å². The van der Waals surface area contributed by atoms with Crippen LogP contribution in [0.3, 0.4) is 0 Å². The van der Waals surface area contributed by atoms with Crippen molar-refractivity contribution in [2.45, 2.75) is 44.7 Å². The van der Waals surface area contributed by atoms with E-state index in [2.05, 4.69) is 34.1 Å². The standard InChI is InChI=1S/C20H22N4O2S/c1-4-27-19-23-17-16(18(26)24-19)14(11-6-5-7-21-10-11)15-12(22-17)8-20(2,3)9-13(15)25/h5-7,10,14H,4,8-9H2,1-3H3,(H2,22,23,24,26)/t14-/m0/s1. The maximum Gasteiger partial charge on any atom is 0.257 e. The van der Waals surface area contributed by atoms with Gasteiger partial charge < -0.3 is 10.3 Å². The SMILES string of the molecule is CCSc1nc2c(c(=O)[nH]1)[C@@H](c1cccnc1)C1=C(CC(C)(C)CC1=O)N2. The monoisotopic (exact) mass is 382 g/mol. The Morgan fingerprint density at radius 1 is 1.30 bits per heavy atom. The third kappa shape index (κ3) is 3.20. The lowest BCUT2D eigenvalue weighted by Gasteiger charge is -2.38. The Kier molecular flexibility index (Phi) is 4.42. The van der Waals surface area contributed by atoms with Gasteiger partial charge in [-0.3, -0.25) is 14.6 Å². The smallest absolute Gasteiger partial charge is 0.257 e. The Morgan fingerprint density at radius 2 is 2.11 bits per heavy atom. The van der Waals surface area contributed by atoms with Crippen LogP contribution in [0.25, 0.3) is 0 Å². The van der Waals surface area contributed by atoms with Crippen LogP contribution in [0.4, 0.5) is 5.82 Å². The third-order valence-corrected chi connectivity index (χ3v) is 5.75. The number of pyridine rings is 1. The van der Waals surface area contributed by atoms with Crippen molar-refractivity contribution in [1.82, 2.24) is 15.0 Å². The van der Waals surface area contributed by atoms with Crippen molar-refractivity contribution < 1.29 is 4.79 Å². The summed E-state index contributed by atoms with van der Waals surface area (Å²) in [7, 11) is 0. The summed E-state index contributed by atoms with van der Waals surface area (Å²) in [6.07, 6.45) is 4.63. The summed E-state index contributed by atoms with van der Waals surface area (Å²) in [4.78, 5) is 37.7. The van der Waals surface area contributed by atoms with E-state index in [1.54, 1.807) is 12.4 Å². The number of aromatic amines is 1. The van der Waals surface area contributed by atoms with Gasteiger partial charge in [0.1, 0.15) is 5.82 Å². The number of carbonyl (C=O) groups excluding carboxylic acids is 1. The van der Waals surface area contributed by atoms with Crippen molar-refractivity contribution in [2.24, 2.45) is 5.41 Å². The molecule has 1 aliphatic carbocycles. The van der Waals surface area contributed by atoms with Crippen LogP contribution in [0.5, 0.6) is 0 Å². The zero-order valence-corrected chi connectivity index (χ0v) is 16.4. The van der Waals surface area contributed by atoms with E-state index >= 15 is 0 Å². The zero-order chi connectivity index (χ0) is 19.2. The number of thioether (sulfide) groups is 1. The molecule has 140 valence electrons. The second-order valence-electron chi connectivity index (χ2n) is 7.74. The molecule has 1 atom stereocenters. The first-order valence-corrected chi connectivity index (χ1v) is 10.1. The number of allylic oxidation sites excluding steroid dienone is 2. The highest BCUT2D eigenvalue weighted by atomic mass is 32.2. The number of fused-ring (bicyclic) bond motifs is 1. The maximum atomic E-state index is 13.1. The van der Waals surface area contributed by atoms with Crippen molar-refractivity contribution in [2.75, 3.05) is 11.1 Å². The molecule has 0 saturated carbocycles. The molecule has 0 fully saturated rings. The fraction of sp³-hybridized carbons (Fsp3) is 0.400. The first-order valence-electron chi connectivity index (χ1n) is 9.10. The van der Waals surface area contributed by atoms with Crippen LogP contribution in [-0.4, -0.2) is 26.5 Å². The molecule has 6 nitrogen and oxygen atoms in total. The Labute approximate surface area is 161 Å². The quantitative estimate of drug-likeness (QED) is 0.624. The highest BCUT2D eigenvalue weighted by Crippen LogP contribution is 2.47. The summed E-state index contributed by atoms with van der Waals surface area (Å²) < 4.78 is 0. The molecule has 0 bridgehead atoms. The number of ketones is 1.